The molecule has 0 radical (unpaired) electrons. The highest BCUT2D eigenvalue weighted by Crippen LogP contribution is 2.32. The number of rotatable bonds is 5. The third-order valence-corrected chi connectivity index (χ3v) is 6.14. The lowest BCUT2D eigenvalue weighted by Gasteiger charge is -2.08. The fourth-order valence-electron chi connectivity index (χ4n) is 1.87. The van der Waals surface area contributed by atoms with Crippen LogP contribution in [0.3, 0.4) is 0 Å². The third-order valence-electron chi connectivity index (χ3n) is 2.89. The monoisotopic (exact) mass is 458 g/mol. The van der Waals surface area contributed by atoms with Crippen LogP contribution in [0.5, 0.6) is 0 Å². The van der Waals surface area contributed by atoms with Crippen LogP contribution in [0.4, 0.5) is 11.4 Å². The van der Waals surface area contributed by atoms with E-state index < -0.39 is 0 Å². The quantitative estimate of drug-likeness (QED) is 0.619. The fourth-order valence-corrected chi connectivity index (χ4v) is 3.80. The Bertz CT molecular complexity index is 692. The van der Waals surface area contributed by atoms with Gasteiger partial charge in [-0.05, 0) is 68.1 Å². The van der Waals surface area contributed by atoms with Gasteiger partial charge in [0.15, 0.2) is 0 Å². The maximum absolute atomic E-state index is 12.2. The van der Waals surface area contributed by atoms with E-state index in [4.69, 9.17) is 0 Å². The molecule has 0 bridgehead atoms. The van der Waals surface area contributed by atoms with Gasteiger partial charge in [0.25, 0.3) is 5.91 Å². The summed E-state index contributed by atoms with van der Waals surface area (Å²) in [5, 5.41) is 5.66. The fraction of sp³-hybridized carbons (Fsp3) is 0.250. The van der Waals surface area contributed by atoms with Crippen molar-refractivity contribution >= 4 is 66.4 Å². The zero-order chi connectivity index (χ0) is 17.0. The molecule has 2 rings (SSSR count). The van der Waals surface area contributed by atoms with Gasteiger partial charge in [-0.1, -0.05) is 13.8 Å². The summed E-state index contributed by atoms with van der Waals surface area (Å²) >= 11 is 8.09. The standard InChI is InChI=1S/C16H16Br2N2O2S/c1-9(2)7-14(21)19-10-3-5-11(6-4-10)20-16(22)13-8-12(17)15(18)23-13/h3-6,8-9H,7H2,1-2H3,(H,19,21)(H,20,22). The van der Waals surface area contributed by atoms with E-state index >= 15 is 0 Å². The predicted molar refractivity (Wildman–Crippen MR) is 102 cm³/mol. The smallest absolute Gasteiger partial charge is 0.265 e. The van der Waals surface area contributed by atoms with Gasteiger partial charge in [-0.25, -0.2) is 0 Å². The van der Waals surface area contributed by atoms with Crippen LogP contribution in [0.25, 0.3) is 0 Å². The second-order valence-electron chi connectivity index (χ2n) is 5.41. The normalized spacial score (nSPS) is 10.7. The molecule has 0 aliphatic carbocycles. The number of carbonyl (C=O) groups is 2. The van der Waals surface area contributed by atoms with Crippen molar-refractivity contribution in [2.45, 2.75) is 20.3 Å². The Kier molecular flexibility index (Phi) is 6.38. The molecule has 1 heterocycles. The van der Waals surface area contributed by atoms with Crippen molar-refractivity contribution in [3.63, 3.8) is 0 Å². The Hall–Kier alpha value is -1.18. The number of amides is 2. The molecular weight excluding hydrogens is 444 g/mol. The number of hydrogen-bond donors (Lipinski definition) is 2. The van der Waals surface area contributed by atoms with Crippen LogP contribution in [0, 0.1) is 5.92 Å². The zero-order valence-corrected chi connectivity index (χ0v) is 16.6. The van der Waals surface area contributed by atoms with Crippen molar-refractivity contribution in [3.05, 3.63) is 43.5 Å². The first-order chi connectivity index (χ1) is 10.8. The van der Waals surface area contributed by atoms with Crippen molar-refractivity contribution in [2.24, 2.45) is 5.92 Å². The highest BCUT2D eigenvalue weighted by atomic mass is 79.9. The minimum atomic E-state index is -0.169. The first-order valence-electron chi connectivity index (χ1n) is 7.01. The lowest BCUT2D eigenvalue weighted by atomic mass is 10.1. The van der Waals surface area contributed by atoms with Crippen LogP contribution in [0.1, 0.15) is 29.9 Å². The molecule has 0 spiro atoms. The highest BCUT2D eigenvalue weighted by Gasteiger charge is 2.12. The average Bonchev–Trinajstić information content (AvgIpc) is 2.80. The molecule has 0 saturated carbocycles. The Morgan fingerprint density at radius 2 is 1.65 bits per heavy atom. The molecule has 7 heteroatoms. The van der Waals surface area contributed by atoms with Gasteiger partial charge in [-0.3, -0.25) is 9.59 Å². The molecular formula is C16H16Br2N2O2S. The summed E-state index contributed by atoms with van der Waals surface area (Å²) in [7, 11) is 0. The van der Waals surface area contributed by atoms with Gasteiger partial charge in [0.05, 0.1) is 8.66 Å². The van der Waals surface area contributed by atoms with E-state index in [1.54, 1.807) is 30.3 Å². The van der Waals surface area contributed by atoms with Crippen LogP contribution in [0.2, 0.25) is 0 Å². The van der Waals surface area contributed by atoms with Crippen molar-refractivity contribution in [1.82, 2.24) is 0 Å². The summed E-state index contributed by atoms with van der Waals surface area (Å²) in [6.07, 6.45) is 0.487. The number of carbonyl (C=O) groups excluding carboxylic acids is 2. The molecule has 0 aliphatic rings. The zero-order valence-electron chi connectivity index (χ0n) is 12.7. The number of hydrogen-bond acceptors (Lipinski definition) is 3. The first kappa shape index (κ1) is 18.2. The maximum atomic E-state index is 12.2. The molecule has 2 aromatic rings. The lowest BCUT2D eigenvalue weighted by Crippen LogP contribution is -2.14. The molecule has 1 aromatic carbocycles. The summed E-state index contributed by atoms with van der Waals surface area (Å²) < 4.78 is 1.74. The summed E-state index contributed by atoms with van der Waals surface area (Å²) in [4.78, 5) is 24.5. The molecule has 0 fully saturated rings. The second-order valence-corrected chi connectivity index (χ2v) is 8.63. The van der Waals surface area contributed by atoms with Gasteiger partial charge in [0, 0.05) is 22.3 Å². The molecule has 2 N–H and O–H groups in total. The van der Waals surface area contributed by atoms with Crippen LogP contribution in [-0.4, -0.2) is 11.8 Å². The number of benzene rings is 1. The highest BCUT2D eigenvalue weighted by molar-refractivity contribution is 9.13. The van der Waals surface area contributed by atoms with Crippen LogP contribution in [-0.2, 0) is 4.79 Å². The van der Waals surface area contributed by atoms with Crippen LogP contribution < -0.4 is 10.6 Å². The van der Waals surface area contributed by atoms with E-state index in [0.29, 0.717) is 22.9 Å². The minimum Gasteiger partial charge on any atom is -0.326 e. The molecule has 0 aliphatic heterocycles. The SMILES string of the molecule is CC(C)CC(=O)Nc1ccc(NC(=O)c2cc(Br)c(Br)s2)cc1. The molecule has 23 heavy (non-hydrogen) atoms. The summed E-state index contributed by atoms with van der Waals surface area (Å²) in [5.41, 5.74) is 1.40. The molecule has 0 atom stereocenters. The number of anilines is 2. The predicted octanol–water partition coefficient (Wildman–Crippen LogP) is 5.51. The average molecular weight is 460 g/mol. The molecule has 1 aromatic heterocycles. The van der Waals surface area contributed by atoms with Gasteiger partial charge < -0.3 is 10.6 Å². The van der Waals surface area contributed by atoms with E-state index in [1.165, 1.54) is 11.3 Å². The van der Waals surface area contributed by atoms with Crippen molar-refractivity contribution in [1.29, 1.82) is 0 Å². The van der Waals surface area contributed by atoms with E-state index in [2.05, 4.69) is 42.5 Å². The largest absolute Gasteiger partial charge is 0.326 e. The summed E-state index contributed by atoms with van der Waals surface area (Å²) in [5.74, 6) is 0.140. The minimum absolute atomic E-state index is 0.00919. The Morgan fingerprint density at radius 1 is 1.09 bits per heavy atom. The van der Waals surface area contributed by atoms with E-state index in [9.17, 15) is 9.59 Å². The number of thiophene rings is 1. The van der Waals surface area contributed by atoms with E-state index in [0.717, 1.165) is 13.9 Å². The summed E-state index contributed by atoms with van der Waals surface area (Å²) in [6, 6.07) is 8.84. The summed E-state index contributed by atoms with van der Waals surface area (Å²) in [6.45, 7) is 4.00. The van der Waals surface area contributed by atoms with Crippen LogP contribution >= 0.6 is 43.2 Å². The Labute approximate surface area is 155 Å². The number of halogens is 2. The van der Waals surface area contributed by atoms with Gasteiger partial charge in [0.1, 0.15) is 0 Å². The van der Waals surface area contributed by atoms with Crippen molar-refractivity contribution in [3.8, 4) is 0 Å². The Balaban J connectivity index is 1.97. The molecule has 4 nitrogen and oxygen atoms in total. The molecule has 122 valence electrons. The van der Waals surface area contributed by atoms with Gasteiger partial charge in [-0.2, -0.15) is 0 Å². The van der Waals surface area contributed by atoms with E-state index in [1.807, 2.05) is 13.8 Å². The molecule has 2 amide bonds. The third kappa shape index (κ3) is 5.44. The lowest BCUT2D eigenvalue weighted by molar-refractivity contribution is -0.116. The number of nitrogens with one attached hydrogen (secondary N) is 2. The topological polar surface area (TPSA) is 58.2 Å². The second kappa shape index (κ2) is 8.08. The molecule has 0 unspecified atom stereocenters. The van der Waals surface area contributed by atoms with Gasteiger partial charge >= 0.3 is 0 Å². The van der Waals surface area contributed by atoms with Crippen LogP contribution in [0.15, 0.2) is 38.6 Å². The molecule has 0 saturated heterocycles. The van der Waals surface area contributed by atoms with Crippen molar-refractivity contribution < 1.29 is 9.59 Å². The van der Waals surface area contributed by atoms with E-state index in [-0.39, 0.29) is 11.8 Å². The van der Waals surface area contributed by atoms with Crippen molar-refractivity contribution in [2.75, 3.05) is 10.6 Å². The Morgan fingerprint density at radius 3 is 2.13 bits per heavy atom. The van der Waals surface area contributed by atoms with Gasteiger partial charge in [-0.15, -0.1) is 11.3 Å². The maximum Gasteiger partial charge on any atom is 0.265 e. The van der Waals surface area contributed by atoms with Gasteiger partial charge in [0.2, 0.25) is 5.91 Å². The first-order valence-corrected chi connectivity index (χ1v) is 9.41.